The van der Waals surface area contributed by atoms with Crippen LogP contribution in [0.5, 0.6) is 0 Å². The van der Waals surface area contributed by atoms with Gasteiger partial charge in [-0.3, -0.25) is 19.7 Å². The van der Waals surface area contributed by atoms with Crippen molar-refractivity contribution in [2.24, 2.45) is 23.7 Å². The highest BCUT2D eigenvalue weighted by atomic mass is 16.6. The van der Waals surface area contributed by atoms with E-state index in [4.69, 9.17) is 0 Å². The molecule has 4 rings (SSSR count). The first-order valence-corrected chi connectivity index (χ1v) is 7.72. The Morgan fingerprint density at radius 3 is 2.09 bits per heavy atom. The van der Waals surface area contributed by atoms with E-state index < -0.39 is 4.92 Å². The molecule has 0 N–H and O–H groups in total. The predicted octanol–water partition coefficient (Wildman–Crippen LogP) is 2.52. The molecule has 118 valence electrons. The Morgan fingerprint density at radius 1 is 1.04 bits per heavy atom. The van der Waals surface area contributed by atoms with E-state index in [1.165, 1.54) is 6.07 Å². The molecule has 4 unspecified atom stereocenters. The number of rotatable bonds is 2. The SMILES string of the molecule is Cc1cc(N2C(=O)C3C4C=CC(C4)C3C2=O)c([N+](=O)[O-])cc1C. The van der Waals surface area contributed by atoms with Crippen LogP contribution < -0.4 is 4.90 Å². The number of imide groups is 1. The molecule has 3 aliphatic rings. The van der Waals surface area contributed by atoms with Gasteiger partial charge in [-0.25, -0.2) is 4.90 Å². The van der Waals surface area contributed by atoms with Gasteiger partial charge in [-0.1, -0.05) is 12.2 Å². The minimum absolute atomic E-state index is 0.0945. The summed E-state index contributed by atoms with van der Waals surface area (Å²) in [5.74, 6) is -1.09. The van der Waals surface area contributed by atoms with Gasteiger partial charge in [-0.2, -0.15) is 0 Å². The van der Waals surface area contributed by atoms with Crippen molar-refractivity contribution in [3.05, 3.63) is 45.5 Å². The van der Waals surface area contributed by atoms with Crippen LogP contribution in [-0.2, 0) is 9.59 Å². The zero-order valence-corrected chi connectivity index (χ0v) is 12.9. The van der Waals surface area contributed by atoms with Gasteiger partial charge < -0.3 is 0 Å². The molecule has 2 aliphatic carbocycles. The maximum atomic E-state index is 12.8. The van der Waals surface area contributed by atoms with Gasteiger partial charge in [-0.15, -0.1) is 0 Å². The molecule has 0 spiro atoms. The number of nitro benzene ring substituents is 1. The zero-order chi connectivity index (χ0) is 16.5. The topological polar surface area (TPSA) is 80.5 Å². The Hall–Kier alpha value is -2.50. The molecule has 4 atom stereocenters. The van der Waals surface area contributed by atoms with Crippen LogP contribution in [0.3, 0.4) is 0 Å². The van der Waals surface area contributed by atoms with Crippen molar-refractivity contribution < 1.29 is 14.5 Å². The van der Waals surface area contributed by atoms with E-state index in [1.807, 2.05) is 19.1 Å². The summed E-state index contributed by atoms with van der Waals surface area (Å²) in [6, 6.07) is 3.02. The van der Waals surface area contributed by atoms with Crippen LogP contribution in [0, 0.1) is 47.6 Å². The molecule has 1 saturated heterocycles. The summed E-state index contributed by atoms with van der Waals surface area (Å²) in [5, 5.41) is 11.4. The van der Waals surface area contributed by atoms with E-state index in [0.717, 1.165) is 22.4 Å². The first-order valence-electron chi connectivity index (χ1n) is 7.72. The minimum atomic E-state index is -0.525. The molecular formula is C17H16N2O4. The van der Waals surface area contributed by atoms with Crippen LogP contribution >= 0.6 is 0 Å². The van der Waals surface area contributed by atoms with Crippen molar-refractivity contribution in [3.63, 3.8) is 0 Å². The monoisotopic (exact) mass is 312 g/mol. The Kier molecular flexibility index (Phi) is 2.76. The van der Waals surface area contributed by atoms with Gasteiger partial charge in [0.05, 0.1) is 16.8 Å². The number of nitrogens with zero attached hydrogens (tertiary/aromatic N) is 2. The van der Waals surface area contributed by atoms with E-state index in [0.29, 0.717) is 0 Å². The highest BCUT2D eigenvalue weighted by Crippen LogP contribution is 2.54. The molecule has 6 nitrogen and oxygen atoms in total. The summed E-state index contributed by atoms with van der Waals surface area (Å²) in [5.41, 5.74) is 1.52. The number of aryl methyl sites for hydroxylation is 2. The highest BCUT2D eigenvalue weighted by molar-refractivity contribution is 6.23. The normalized spacial score (nSPS) is 31.1. The molecule has 1 aliphatic heterocycles. The van der Waals surface area contributed by atoms with Crippen molar-refractivity contribution in [3.8, 4) is 0 Å². The number of benzene rings is 1. The minimum Gasteiger partial charge on any atom is -0.274 e. The highest BCUT2D eigenvalue weighted by Gasteiger charge is 2.60. The summed E-state index contributed by atoms with van der Waals surface area (Å²) >= 11 is 0. The lowest BCUT2D eigenvalue weighted by Crippen LogP contribution is -2.33. The van der Waals surface area contributed by atoms with Crippen LogP contribution in [0.4, 0.5) is 11.4 Å². The standard InChI is InChI=1S/C17H16N2O4/c1-8-5-12(13(19(22)23)6-9(8)2)18-16(20)14-10-3-4-11(7-10)15(14)17(18)21/h3-6,10-11,14-15H,7H2,1-2H3. The van der Waals surface area contributed by atoms with Gasteiger partial charge in [0.25, 0.3) is 5.69 Å². The molecular weight excluding hydrogens is 296 g/mol. The second-order valence-electron chi connectivity index (χ2n) is 6.69. The number of allylic oxidation sites excluding steroid dienone is 2. The van der Waals surface area contributed by atoms with E-state index in [9.17, 15) is 19.7 Å². The van der Waals surface area contributed by atoms with Crippen molar-refractivity contribution in [1.29, 1.82) is 0 Å². The van der Waals surface area contributed by atoms with Crippen LogP contribution in [-0.4, -0.2) is 16.7 Å². The predicted molar refractivity (Wildman–Crippen MR) is 82.8 cm³/mol. The summed E-state index contributed by atoms with van der Waals surface area (Å²) in [4.78, 5) is 37.5. The van der Waals surface area contributed by atoms with Crippen LogP contribution in [0.2, 0.25) is 0 Å². The lowest BCUT2D eigenvalue weighted by Gasteiger charge is -2.18. The third-order valence-corrected chi connectivity index (χ3v) is 5.50. The average Bonchev–Trinajstić information content (AvgIpc) is 3.16. The van der Waals surface area contributed by atoms with E-state index in [2.05, 4.69) is 0 Å². The van der Waals surface area contributed by atoms with E-state index in [-0.39, 0.29) is 46.9 Å². The van der Waals surface area contributed by atoms with Crippen LogP contribution in [0.1, 0.15) is 17.5 Å². The molecule has 2 fully saturated rings. The fourth-order valence-electron chi connectivity index (χ4n) is 4.25. The molecule has 1 heterocycles. The van der Waals surface area contributed by atoms with Crippen molar-refractivity contribution >= 4 is 23.2 Å². The molecule has 2 amide bonds. The van der Waals surface area contributed by atoms with Crippen molar-refractivity contribution in [2.45, 2.75) is 20.3 Å². The van der Waals surface area contributed by atoms with E-state index in [1.54, 1.807) is 13.0 Å². The third-order valence-electron chi connectivity index (χ3n) is 5.50. The van der Waals surface area contributed by atoms with Gasteiger partial charge in [0, 0.05) is 6.07 Å². The lowest BCUT2D eigenvalue weighted by atomic mass is 9.85. The number of nitro groups is 1. The molecule has 0 aromatic heterocycles. The summed E-state index contributed by atoms with van der Waals surface area (Å²) in [6.07, 6.45) is 4.86. The van der Waals surface area contributed by atoms with Gasteiger partial charge in [0.1, 0.15) is 5.69 Å². The second-order valence-corrected chi connectivity index (χ2v) is 6.69. The van der Waals surface area contributed by atoms with Gasteiger partial charge >= 0.3 is 0 Å². The molecule has 1 aromatic carbocycles. The zero-order valence-electron chi connectivity index (χ0n) is 12.9. The van der Waals surface area contributed by atoms with Gasteiger partial charge in [0.2, 0.25) is 11.8 Å². The number of fused-ring (bicyclic) bond motifs is 5. The van der Waals surface area contributed by atoms with Crippen LogP contribution in [0.25, 0.3) is 0 Å². The smallest absolute Gasteiger partial charge is 0.274 e. The number of carbonyl (C=O) groups excluding carboxylic acids is 2. The second kappa shape index (κ2) is 4.50. The van der Waals surface area contributed by atoms with Gasteiger partial charge in [-0.05, 0) is 49.3 Å². The summed E-state index contributed by atoms with van der Waals surface area (Å²) < 4.78 is 0. The molecule has 0 radical (unpaired) electrons. The first-order chi connectivity index (χ1) is 10.9. The fourth-order valence-corrected chi connectivity index (χ4v) is 4.25. The third kappa shape index (κ3) is 1.75. The maximum absolute atomic E-state index is 12.8. The van der Waals surface area contributed by atoms with Crippen molar-refractivity contribution in [1.82, 2.24) is 0 Å². The fraction of sp³-hybridized carbons (Fsp3) is 0.412. The van der Waals surface area contributed by atoms with Gasteiger partial charge in [0.15, 0.2) is 0 Å². The number of hydrogen-bond donors (Lipinski definition) is 0. The maximum Gasteiger partial charge on any atom is 0.293 e. The molecule has 2 bridgehead atoms. The Bertz CT molecular complexity index is 768. The quantitative estimate of drug-likeness (QED) is 0.364. The number of carbonyl (C=O) groups is 2. The largest absolute Gasteiger partial charge is 0.293 e. The summed E-state index contributed by atoms with van der Waals surface area (Å²) in [6.45, 7) is 3.60. The number of hydrogen-bond acceptors (Lipinski definition) is 4. The first kappa shape index (κ1) is 14.1. The summed E-state index contributed by atoms with van der Waals surface area (Å²) in [7, 11) is 0. The molecule has 6 heteroatoms. The molecule has 1 aromatic rings. The number of anilines is 1. The Balaban J connectivity index is 1.84. The molecule has 23 heavy (non-hydrogen) atoms. The van der Waals surface area contributed by atoms with Crippen LogP contribution in [0.15, 0.2) is 24.3 Å². The number of amides is 2. The Labute approximate surface area is 132 Å². The average molecular weight is 312 g/mol. The Morgan fingerprint density at radius 2 is 1.57 bits per heavy atom. The van der Waals surface area contributed by atoms with E-state index >= 15 is 0 Å². The molecule has 1 saturated carbocycles. The lowest BCUT2D eigenvalue weighted by molar-refractivity contribution is -0.384. The van der Waals surface area contributed by atoms with Crippen molar-refractivity contribution in [2.75, 3.05) is 4.90 Å².